The van der Waals surface area contributed by atoms with E-state index in [1.807, 2.05) is 0 Å². The van der Waals surface area contributed by atoms with E-state index in [2.05, 4.69) is 54.4 Å². The molecular weight excluding hydrogens is 248 g/mol. The van der Waals surface area contributed by atoms with Crippen molar-refractivity contribution in [1.29, 1.82) is 0 Å². The van der Waals surface area contributed by atoms with Gasteiger partial charge in [-0.3, -0.25) is 0 Å². The quantitative estimate of drug-likeness (QED) is 0.927. The van der Waals surface area contributed by atoms with Crippen molar-refractivity contribution >= 4 is 10.8 Å². The van der Waals surface area contributed by atoms with Gasteiger partial charge in [0.1, 0.15) is 0 Å². The van der Waals surface area contributed by atoms with Gasteiger partial charge in [-0.05, 0) is 29.8 Å². The van der Waals surface area contributed by atoms with Gasteiger partial charge in [0.15, 0.2) is 0 Å². The third kappa shape index (κ3) is 2.85. The molecule has 1 fully saturated rings. The molecule has 20 heavy (non-hydrogen) atoms. The van der Waals surface area contributed by atoms with Gasteiger partial charge >= 0.3 is 0 Å². The van der Waals surface area contributed by atoms with Crippen molar-refractivity contribution in [3.8, 4) is 0 Å². The SMILES string of the molecule is CN1CCOC(C(N)Cc2cccc3ccccc23)C1. The summed E-state index contributed by atoms with van der Waals surface area (Å²) < 4.78 is 5.83. The van der Waals surface area contributed by atoms with E-state index in [0.717, 1.165) is 26.1 Å². The summed E-state index contributed by atoms with van der Waals surface area (Å²) in [6.07, 6.45) is 0.993. The number of ether oxygens (including phenoxy) is 1. The standard InChI is InChI=1S/C17H22N2O/c1-19-9-10-20-17(12-19)16(18)11-14-7-4-6-13-5-2-3-8-15(13)14/h2-8,16-17H,9-12,18H2,1H3. The lowest BCUT2D eigenvalue weighted by molar-refractivity contribution is -0.0318. The molecule has 0 amide bonds. The third-order valence-corrected chi connectivity index (χ3v) is 4.11. The van der Waals surface area contributed by atoms with Crippen LogP contribution in [0.4, 0.5) is 0 Å². The van der Waals surface area contributed by atoms with Crippen LogP contribution in [0.2, 0.25) is 0 Å². The Bertz CT molecular complexity index is 579. The predicted molar refractivity (Wildman–Crippen MR) is 82.9 cm³/mol. The second kappa shape index (κ2) is 5.92. The van der Waals surface area contributed by atoms with Crippen LogP contribution in [0.1, 0.15) is 5.56 Å². The van der Waals surface area contributed by atoms with E-state index in [4.69, 9.17) is 10.5 Å². The van der Waals surface area contributed by atoms with Gasteiger partial charge in [0.25, 0.3) is 0 Å². The Kier molecular flexibility index (Phi) is 4.01. The van der Waals surface area contributed by atoms with E-state index >= 15 is 0 Å². The molecule has 0 saturated carbocycles. The van der Waals surface area contributed by atoms with E-state index in [1.165, 1.54) is 16.3 Å². The Hall–Kier alpha value is -1.42. The summed E-state index contributed by atoms with van der Waals surface area (Å²) in [4.78, 5) is 2.29. The number of rotatable bonds is 3. The summed E-state index contributed by atoms with van der Waals surface area (Å²) in [5, 5.41) is 2.58. The van der Waals surface area contributed by atoms with Crippen LogP contribution in [0.3, 0.4) is 0 Å². The van der Waals surface area contributed by atoms with Crippen molar-refractivity contribution in [3.63, 3.8) is 0 Å². The molecule has 2 N–H and O–H groups in total. The Labute approximate surface area is 120 Å². The molecule has 3 rings (SSSR count). The molecule has 2 aromatic carbocycles. The first-order chi connectivity index (χ1) is 9.74. The molecule has 1 aliphatic heterocycles. The van der Waals surface area contributed by atoms with Gasteiger partial charge < -0.3 is 15.4 Å². The van der Waals surface area contributed by atoms with Gasteiger partial charge in [-0.2, -0.15) is 0 Å². The molecule has 0 aromatic heterocycles. The third-order valence-electron chi connectivity index (χ3n) is 4.11. The maximum Gasteiger partial charge on any atom is 0.0856 e. The first-order valence-corrected chi connectivity index (χ1v) is 7.26. The molecule has 1 saturated heterocycles. The molecule has 2 atom stereocenters. The van der Waals surface area contributed by atoms with Crippen LogP contribution < -0.4 is 5.73 Å². The monoisotopic (exact) mass is 270 g/mol. The molecule has 2 aromatic rings. The average Bonchev–Trinajstić information content (AvgIpc) is 2.47. The highest BCUT2D eigenvalue weighted by Crippen LogP contribution is 2.21. The van der Waals surface area contributed by atoms with E-state index in [-0.39, 0.29) is 12.1 Å². The van der Waals surface area contributed by atoms with Crippen molar-refractivity contribution in [3.05, 3.63) is 48.0 Å². The lowest BCUT2D eigenvalue weighted by Gasteiger charge is -2.33. The molecule has 2 unspecified atom stereocenters. The van der Waals surface area contributed by atoms with Crippen LogP contribution in [0.25, 0.3) is 10.8 Å². The number of nitrogens with two attached hydrogens (primary N) is 1. The fraction of sp³-hybridized carbons (Fsp3) is 0.412. The van der Waals surface area contributed by atoms with Gasteiger partial charge in [0.2, 0.25) is 0 Å². The summed E-state index contributed by atoms with van der Waals surface area (Å²) in [6, 6.07) is 15.0. The average molecular weight is 270 g/mol. The second-order valence-electron chi connectivity index (χ2n) is 5.68. The molecule has 0 radical (unpaired) electrons. The minimum Gasteiger partial charge on any atom is -0.374 e. The van der Waals surface area contributed by atoms with Crippen LogP contribution in [-0.4, -0.2) is 43.8 Å². The van der Waals surface area contributed by atoms with Crippen LogP contribution >= 0.6 is 0 Å². The fourth-order valence-corrected chi connectivity index (χ4v) is 2.93. The zero-order chi connectivity index (χ0) is 13.9. The number of likely N-dealkylation sites (N-methyl/N-ethyl adjacent to an activating group) is 1. The van der Waals surface area contributed by atoms with Gasteiger partial charge in [0, 0.05) is 19.1 Å². The van der Waals surface area contributed by atoms with Gasteiger partial charge in [-0.15, -0.1) is 0 Å². The highest BCUT2D eigenvalue weighted by molar-refractivity contribution is 5.85. The molecule has 0 aliphatic carbocycles. The lowest BCUT2D eigenvalue weighted by atomic mass is 9.96. The normalized spacial score (nSPS) is 22.0. The highest BCUT2D eigenvalue weighted by atomic mass is 16.5. The number of hydrogen-bond donors (Lipinski definition) is 1. The lowest BCUT2D eigenvalue weighted by Crippen LogP contribution is -2.50. The molecule has 1 heterocycles. The van der Waals surface area contributed by atoms with Crippen molar-refractivity contribution in [2.24, 2.45) is 5.73 Å². The fourth-order valence-electron chi connectivity index (χ4n) is 2.93. The molecule has 3 nitrogen and oxygen atoms in total. The van der Waals surface area contributed by atoms with Crippen molar-refractivity contribution < 1.29 is 4.74 Å². The van der Waals surface area contributed by atoms with Crippen LogP contribution in [0.15, 0.2) is 42.5 Å². The second-order valence-corrected chi connectivity index (χ2v) is 5.68. The summed E-state index contributed by atoms with van der Waals surface area (Å²) in [7, 11) is 2.13. The summed E-state index contributed by atoms with van der Waals surface area (Å²) in [5.41, 5.74) is 7.69. The van der Waals surface area contributed by atoms with E-state index in [9.17, 15) is 0 Å². The van der Waals surface area contributed by atoms with Gasteiger partial charge in [-0.1, -0.05) is 42.5 Å². The topological polar surface area (TPSA) is 38.5 Å². The van der Waals surface area contributed by atoms with Crippen molar-refractivity contribution in [1.82, 2.24) is 4.90 Å². The number of benzene rings is 2. The first-order valence-electron chi connectivity index (χ1n) is 7.26. The van der Waals surface area contributed by atoms with E-state index in [0.29, 0.717) is 0 Å². The minimum absolute atomic E-state index is 0.0450. The molecular formula is C17H22N2O. The Morgan fingerprint density at radius 2 is 2.05 bits per heavy atom. The zero-order valence-electron chi connectivity index (χ0n) is 12.0. The van der Waals surface area contributed by atoms with Gasteiger partial charge in [-0.25, -0.2) is 0 Å². The maximum atomic E-state index is 6.38. The summed E-state index contributed by atoms with van der Waals surface area (Å²) >= 11 is 0. The summed E-state index contributed by atoms with van der Waals surface area (Å²) in [6.45, 7) is 2.70. The molecule has 106 valence electrons. The number of fused-ring (bicyclic) bond motifs is 1. The predicted octanol–water partition coefficient (Wildman–Crippen LogP) is 2.04. The molecule has 0 bridgehead atoms. The van der Waals surface area contributed by atoms with E-state index < -0.39 is 0 Å². The smallest absolute Gasteiger partial charge is 0.0856 e. The Morgan fingerprint density at radius 1 is 1.25 bits per heavy atom. The van der Waals surface area contributed by atoms with Crippen molar-refractivity contribution in [2.75, 3.05) is 26.7 Å². The number of nitrogens with zero attached hydrogens (tertiary/aromatic N) is 1. The van der Waals surface area contributed by atoms with Gasteiger partial charge in [0.05, 0.1) is 12.7 Å². The van der Waals surface area contributed by atoms with E-state index in [1.54, 1.807) is 0 Å². The highest BCUT2D eigenvalue weighted by Gasteiger charge is 2.24. The van der Waals surface area contributed by atoms with Crippen LogP contribution in [0.5, 0.6) is 0 Å². The maximum absolute atomic E-state index is 6.38. The van der Waals surface area contributed by atoms with Crippen molar-refractivity contribution in [2.45, 2.75) is 18.6 Å². The first kappa shape index (κ1) is 13.6. The number of hydrogen-bond acceptors (Lipinski definition) is 3. The van der Waals surface area contributed by atoms with Crippen LogP contribution in [-0.2, 0) is 11.2 Å². The minimum atomic E-state index is 0.0450. The van der Waals surface area contributed by atoms with Crippen LogP contribution in [0, 0.1) is 0 Å². The zero-order valence-corrected chi connectivity index (χ0v) is 12.0. The Morgan fingerprint density at radius 3 is 2.90 bits per heavy atom. The molecule has 3 heteroatoms. The number of morpholine rings is 1. The molecule has 0 spiro atoms. The largest absolute Gasteiger partial charge is 0.374 e. The Balaban J connectivity index is 1.78. The molecule has 1 aliphatic rings. The summed E-state index contributed by atoms with van der Waals surface area (Å²) in [5.74, 6) is 0.